The number of hydrogen-bond donors (Lipinski definition) is 1. The number of β-amino-alcohol motifs (C(OH)–C–C–N with tert-alkyl or cyclic N) is 1. The quantitative estimate of drug-likeness (QED) is 0.339. The molecule has 1 saturated heterocycles. The van der Waals surface area contributed by atoms with Crippen molar-refractivity contribution < 1.29 is 33.6 Å². The predicted molar refractivity (Wildman–Crippen MR) is 147 cm³/mol. The molecule has 1 fully saturated rings. The summed E-state index contributed by atoms with van der Waals surface area (Å²) in [7, 11) is 0. The highest BCUT2D eigenvalue weighted by molar-refractivity contribution is 5.87. The van der Waals surface area contributed by atoms with Gasteiger partial charge >= 0.3 is 0 Å². The molecule has 2 aromatic carbocycles. The Hall–Kier alpha value is -3.31. The molecule has 2 aliphatic rings. The molecule has 0 unspecified atom stereocenters. The van der Waals surface area contributed by atoms with E-state index >= 15 is 0 Å². The Morgan fingerprint density at radius 3 is 2.59 bits per heavy atom. The molecule has 6 rings (SSSR count). The minimum absolute atomic E-state index is 0. The second-order valence-corrected chi connectivity index (χ2v) is 9.58. The number of ether oxygens (including phenoxy) is 3. The van der Waals surface area contributed by atoms with Gasteiger partial charge in [0.1, 0.15) is 37.3 Å². The number of aryl methyl sites for hydroxylation is 1. The Morgan fingerprint density at radius 1 is 1.03 bits per heavy atom. The van der Waals surface area contributed by atoms with Crippen molar-refractivity contribution in [1.82, 2.24) is 15.1 Å². The highest BCUT2D eigenvalue weighted by Crippen LogP contribution is 2.37. The summed E-state index contributed by atoms with van der Waals surface area (Å²) in [5.74, 6) is 4.22. The highest BCUT2D eigenvalue weighted by atomic mass is 35.5. The van der Waals surface area contributed by atoms with Crippen LogP contribution in [0.4, 0.5) is 0 Å². The van der Waals surface area contributed by atoms with E-state index in [1.54, 1.807) is 0 Å². The smallest absolute Gasteiger partial charge is 0.283 e. The number of halogens is 1. The zero-order valence-corrected chi connectivity index (χ0v) is 22.6. The van der Waals surface area contributed by atoms with Crippen LogP contribution in [0.25, 0.3) is 22.6 Å². The molecule has 4 aromatic rings. The maximum atomic E-state index is 10.7. The average molecular weight is 560 g/mol. The third-order valence-corrected chi connectivity index (χ3v) is 7.03. The summed E-state index contributed by atoms with van der Waals surface area (Å²) < 4.78 is 28.9. The second-order valence-electron chi connectivity index (χ2n) is 9.58. The number of aromatic nitrogens is 2. The Bertz CT molecular complexity index is 1370. The first-order valence-corrected chi connectivity index (χ1v) is 12.9. The summed E-state index contributed by atoms with van der Waals surface area (Å²) in [6, 6.07) is 13.7. The molecule has 0 spiro atoms. The van der Waals surface area contributed by atoms with Crippen molar-refractivity contribution in [1.29, 1.82) is 0 Å². The number of fused-ring (bicyclic) bond motifs is 2. The summed E-state index contributed by atoms with van der Waals surface area (Å²) in [6.45, 7) is 5.79. The van der Waals surface area contributed by atoms with Gasteiger partial charge in [-0.2, -0.15) is 0 Å². The van der Waals surface area contributed by atoms with Gasteiger partial charge in [-0.15, -0.1) is 22.6 Å². The zero-order chi connectivity index (χ0) is 25.2. The van der Waals surface area contributed by atoms with Crippen LogP contribution in [0.5, 0.6) is 17.2 Å². The van der Waals surface area contributed by atoms with Crippen molar-refractivity contribution >= 4 is 23.4 Å². The van der Waals surface area contributed by atoms with E-state index < -0.39 is 6.10 Å². The van der Waals surface area contributed by atoms with Crippen molar-refractivity contribution in [2.75, 3.05) is 39.5 Å². The molecule has 0 amide bonds. The normalized spacial score (nSPS) is 16.4. The van der Waals surface area contributed by atoms with E-state index in [-0.39, 0.29) is 24.5 Å². The number of aliphatic hydroxyl groups is 1. The number of hydrogen-bond acceptors (Lipinski definition) is 9. The van der Waals surface area contributed by atoms with E-state index in [4.69, 9.17) is 23.0 Å². The largest absolute Gasteiger partial charge is 0.490 e. The van der Waals surface area contributed by atoms with Crippen molar-refractivity contribution in [2.24, 2.45) is 0 Å². The molecule has 0 radical (unpaired) electrons. The summed E-state index contributed by atoms with van der Waals surface area (Å²) in [4.78, 5) is 2.31. The maximum Gasteiger partial charge on any atom is 0.283 e. The molecule has 0 saturated carbocycles. The monoisotopic (exact) mass is 559 g/mol. The fraction of sp³-hybridized carbons (Fsp3) is 0.429. The molecule has 210 valence electrons. The molecule has 3 N–H and O–H groups in total. The Balaban J connectivity index is 0.00000176. The average Bonchev–Trinajstić information content (AvgIpc) is 3.59. The number of rotatable bonds is 8. The van der Waals surface area contributed by atoms with E-state index in [1.807, 2.05) is 37.3 Å². The number of benzene rings is 2. The van der Waals surface area contributed by atoms with Gasteiger partial charge in [0, 0.05) is 19.0 Å². The van der Waals surface area contributed by atoms with Gasteiger partial charge in [-0.25, -0.2) is 0 Å². The van der Waals surface area contributed by atoms with Gasteiger partial charge in [0.25, 0.3) is 5.89 Å². The SMILES string of the molecule is CCc1nnc(-c2cc3c(OC[C@@H](O)CN4CCC(c5ccc6c(c5)OCCO6)CC4)cccc3o2)o1.Cl.O. The molecule has 0 aliphatic carbocycles. The number of likely N-dealkylation sites (tertiary alicyclic amines) is 1. The van der Waals surface area contributed by atoms with Crippen molar-refractivity contribution in [3.63, 3.8) is 0 Å². The second kappa shape index (κ2) is 12.7. The fourth-order valence-corrected chi connectivity index (χ4v) is 5.06. The van der Waals surface area contributed by atoms with Gasteiger partial charge in [-0.05, 0) is 61.7 Å². The Labute approximate surface area is 232 Å². The van der Waals surface area contributed by atoms with E-state index in [0.717, 1.165) is 42.8 Å². The summed E-state index contributed by atoms with van der Waals surface area (Å²) >= 11 is 0. The van der Waals surface area contributed by atoms with Crippen molar-refractivity contribution in [3.05, 3.63) is 53.9 Å². The zero-order valence-electron chi connectivity index (χ0n) is 21.8. The minimum Gasteiger partial charge on any atom is -0.490 e. The van der Waals surface area contributed by atoms with Crippen LogP contribution in [0.1, 0.15) is 37.1 Å². The van der Waals surface area contributed by atoms with Gasteiger partial charge in [0.2, 0.25) is 5.89 Å². The molecular weight excluding hydrogens is 526 g/mol. The molecule has 10 nitrogen and oxygen atoms in total. The number of piperidine rings is 1. The maximum absolute atomic E-state index is 10.7. The lowest BCUT2D eigenvalue weighted by Gasteiger charge is -2.33. The highest BCUT2D eigenvalue weighted by Gasteiger charge is 2.24. The van der Waals surface area contributed by atoms with Crippen LogP contribution < -0.4 is 14.2 Å². The lowest BCUT2D eigenvalue weighted by atomic mass is 9.89. The summed E-state index contributed by atoms with van der Waals surface area (Å²) in [6.07, 6.45) is 2.14. The van der Waals surface area contributed by atoms with Gasteiger partial charge < -0.3 is 38.5 Å². The van der Waals surface area contributed by atoms with E-state index in [1.165, 1.54) is 5.56 Å². The predicted octanol–water partition coefficient (Wildman–Crippen LogP) is 4.03. The standard InChI is InChI=1S/C28H31N3O6.ClH.H2O/c1-2-27-29-30-28(37-27)26-15-21-22(4-3-5-23(21)36-26)35-17-20(32)16-31-10-8-18(9-11-31)19-6-7-24-25(14-19)34-13-12-33-24;;/h3-7,14-15,18,20,32H,2,8-13,16-17H2,1H3;1H;1H2/t20-;;/m0../s1. The lowest BCUT2D eigenvalue weighted by Crippen LogP contribution is -2.40. The first-order chi connectivity index (χ1) is 18.2. The lowest BCUT2D eigenvalue weighted by molar-refractivity contribution is 0.0599. The molecular formula is C28H34ClN3O7. The Morgan fingerprint density at radius 2 is 1.82 bits per heavy atom. The van der Waals surface area contributed by atoms with E-state index in [0.29, 0.717) is 61.0 Å². The minimum atomic E-state index is -0.601. The summed E-state index contributed by atoms with van der Waals surface area (Å²) in [5.41, 5.74) is 1.96. The van der Waals surface area contributed by atoms with Crippen LogP contribution in [0.3, 0.4) is 0 Å². The molecule has 11 heteroatoms. The summed E-state index contributed by atoms with van der Waals surface area (Å²) in [5, 5.41) is 19.6. The molecule has 1 atom stereocenters. The van der Waals surface area contributed by atoms with Crippen LogP contribution >= 0.6 is 12.4 Å². The van der Waals surface area contributed by atoms with Gasteiger partial charge in [0.15, 0.2) is 17.3 Å². The number of aliphatic hydroxyl groups excluding tert-OH is 1. The molecule has 2 aromatic heterocycles. The number of nitrogens with zero attached hydrogens (tertiary/aromatic N) is 3. The third-order valence-electron chi connectivity index (χ3n) is 7.03. The topological polar surface area (TPSA) is 135 Å². The Kier molecular flexibility index (Phi) is 9.34. The first kappa shape index (κ1) is 28.7. The van der Waals surface area contributed by atoms with Crippen LogP contribution in [0, 0.1) is 0 Å². The van der Waals surface area contributed by atoms with Crippen LogP contribution in [-0.2, 0) is 6.42 Å². The van der Waals surface area contributed by atoms with Crippen LogP contribution in [0.2, 0.25) is 0 Å². The molecule has 2 aliphatic heterocycles. The van der Waals surface area contributed by atoms with E-state index in [2.05, 4.69) is 27.2 Å². The fourth-order valence-electron chi connectivity index (χ4n) is 5.06. The molecule has 39 heavy (non-hydrogen) atoms. The first-order valence-electron chi connectivity index (χ1n) is 12.9. The molecule has 0 bridgehead atoms. The van der Waals surface area contributed by atoms with Crippen LogP contribution in [0.15, 0.2) is 51.3 Å². The van der Waals surface area contributed by atoms with Crippen molar-refractivity contribution in [2.45, 2.75) is 38.2 Å². The number of furan rings is 1. The van der Waals surface area contributed by atoms with Crippen LogP contribution in [-0.4, -0.2) is 71.2 Å². The van der Waals surface area contributed by atoms with Gasteiger partial charge in [-0.3, -0.25) is 0 Å². The van der Waals surface area contributed by atoms with Crippen molar-refractivity contribution in [3.8, 4) is 28.9 Å². The van der Waals surface area contributed by atoms with Gasteiger partial charge in [-0.1, -0.05) is 19.1 Å². The van der Waals surface area contributed by atoms with Gasteiger partial charge in [0.05, 0.1) is 5.39 Å². The third kappa shape index (κ3) is 6.30. The van der Waals surface area contributed by atoms with E-state index in [9.17, 15) is 5.11 Å². The molecule has 4 heterocycles.